The van der Waals surface area contributed by atoms with E-state index in [1.807, 2.05) is 19.1 Å². The first kappa shape index (κ1) is 9.73. The predicted molar refractivity (Wildman–Crippen MR) is 55.6 cm³/mol. The standard InChI is InChI=1S/C11H11NO3/c1-6-3-2-4-7-8(5-12-9(6)7)10(13)11(14)15/h2-5,10,12-13H,1H3,(H,14,15). The molecule has 4 nitrogen and oxygen atoms in total. The maximum Gasteiger partial charge on any atom is 0.337 e. The van der Waals surface area contributed by atoms with Crippen molar-refractivity contribution in [2.24, 2.45) is 0 Å². The second kappa shape index (κ2) is 3.40. The first-order valence-electron chi connectivity index (χ1n) is 4.58. The van der Waals surface area contributed by atoms with Crippen molar-refractivity contribution in [3.8, 4) is 0 Å². The third-order valence-corrected chi connectivity index (χ3v) is 2.48. The van der Waals surface area contributed by atoms with Crippen molar-refractivity contribution >= 4 is 16.9 Å². The van der Waals surface area contributed by atoms with Crippen LogP contribution in [0.15, 0.2) is 24.4 Å². The number of fused-ring (bicyclic) bond motifs is 1. The van der Waals surface area contributed by atoms with E-state index in [-0.39, 0.29) is 0 Å². The Morgan fingerprint density at radius 2 is 2.20 bits per heavy atom. The van der Waals surface area contributed by atoms with Crippen molar-refractivity contribution in [2.75, 3.05) is 0 Å². The van der Waals surface area contributed by atoms with Crippen molar-refractivity contribution in [2.45, 2.75) is 13.0 Å². The van der Waals surface area contributed by atoms with E-state index >= 15 is 0 Å². The molecule has 2 aromatic rings. The summed E-state index contributed by atoms with van der Waals surface area (Å²) < 4.78 is 0. The SMILES string of the molecule is Cc1cccc2c(C(O)C(=O)O)c[nH]c12. The van der Waals surface area contributed by atoms with Crippen molar-refractivity contribution in [1.82, 2.24) is 4.98 Å². The zero-order chi connectivity index (χ0) is 11.0. The number of aryl methyl sites for hydroxylation is 1. The molecule has 1 unspecified atom stereocenters. The molecule has 0 aliphatic rings. The van der Waals surface area contributed by atoms with Gasteiger partial charge < -0.3 is 15.2 Å². The Labute approximate surface area is 86.2 Å². The monoisotopic (exact) mass is 205 g/mol. The number of nitrogens with one attached hydrogen (secondary N) is 1. The fourth-order valence-corrected chi connectivity index (χ4v) is 1.69. The lowest BCUT2D eigenvalue weighted by Gasteiger charge is -2.03. The highest BCUT2D eigenvalue weighted by Crippen LogP contribution is 2.26. The molecule has 1 aromatic carbocycles. The molecule has 1 atom stereocenters. The number of hydrogen-bond acceptors (Lipinski definition) is 2. The lowest BCUT2D eigenvalue weighted by Crippen LogP contribution is -2.09. The molecule has 0 aliphatic carbocycles. The number of carbonyl (C=O) groups is 1. The van der Waals surface area contributed by atoms with Gasteiger partial charge in [-0.05, 0) is 12.5 Å². The quantitative estimate of drug-likeness (QED) is 0.697. The number of para-hydroxylation sites is 1. The topological polar surface area (TPSA) is 73.3 Å². The highest BCUT2D eigenvalue weighted by atomic mass is 16.4. The molecule has 3 N–H and O–H groups in total. The number of H-pyrrole nitrogens is 1. The van der Waals surface area contributed by atoms with Crippen LogP contribution in [0.2, 0.25) is 0 Å². The Morgan fingerprint density at radius 1 is 1.47 bits per heavy atom. The molecular formula is C11H11NO3. The van der Waals surface area contributed by atoms with Gasteiger partial charge in [0.25, 0.3) is 0 Å². The van der Waals surface area contributed by atoms with E-state index in [4.69, 9.17) is 5.11 Å². The van der Waals surface area contributed by atoms with Gasteiger partial charge in [0.05, 0.1) is 0 Å². The van der Waals surface area contributed by atoms with Crippen molar-refractivity contribution in [3.05, 3.63) is 35.5 Å². The number of aromatic amines is 1. The lowest BCUT2D eigenvalue weighted by molar-refractivity contribution is -0.146. The van der Waals surface area contributed by atoms with Gasteiger partial charge in [-0.15, -0.1) is 0 Å². The minimum atomic E-state index is -1.47. The van der Waals surface area contributed by atoms with Crippen LogP contribution in [0.5, 0.6) is 0 Å². The van der Waals surface area contributed by atoms with Crippen LogP contribution in [0.1, 0.15) is 17.2 Å². The maximum atomic E-state index is 10.7. The third-order valence-electron chi connectivity index (χ3n) is 2.48. The summed E-state index contributed by atoms with van der Waals surface area (Å²) in [5.41, 5.74) is 2.30. The van der Waals surface area contributed by atoms with Gasteiger partial charge in [-0.2, -0.15) is 0 Å². The molecule has 78 valence electrons. The van der Waals surface area contributed by atoms with Gasteiger partial charge in [0, 0.05) is 22.7 Å². The summed E-state index contributed by atoms with van der Waals surface area (Å²) in [7, 11) is 0. The Balaban J connectivity index is 2.64. The number of hydrogen-bond donors (Lipinski definition) is 3. The van der Waals surface area contributed by atoms with Gasteiger partial charge >= 0.3 is 5.97 Å². The molecule has 0 spiro atoms. The average molecular weight is 205 g/mol. The summed E-state index contributed by atoms with van der Waals surface area (Å²) >= 11 is 0. The second-order valence-electron chi connectivity index (χ2n) is 3.48. The van der Waals surface area contributed by atoms with Crippen LogP contribution in [-0.4, -0.2) is 21.2 Å². The smallest absolute Gasteiger partial charge is 0.337 e. The number of rotatable bonds is 2. The number of carboxylic acid groups (broad SMARTS) is 1. The van der Waals surface area contributed by atoms with Gasteiger partial charge in [-0.1, -0.05) is 18.2 Å². The van der Waals surface area contributed by atoms with E-state index in [1.54, 1.807) is 6.07 Å². The van der Waals surface area contributed by atoms with Gasteiger partial charge in [0.2, 0.25) is 0 Å². The van der Waals surface area contributed by atoms with Gasteiger partial charge in [0.1, 0.15) is 0 Å². The predicted octanol–water partition coefficient (Wildman–Crippen LogP) is 1.59. The minimum absolute atomic E-state index is 0.404. The Bertz CT molecular complexity index is 516. The minimum Gasteiger partial charge on any atom is -0.479 e. The molecular weight excluding hydrogens is 194 g/mol. The molecule has 2 rings (SSSR count). The van der Waals surface area contributed by atoms with Crippen LogP contribution in [0.25, 0.3) is 10.9 Å². The van der Waals surface area contributed by atoms with Crippen LogP contribution < -0.4 is 0 Å². The second-order valence-corrected chi connectivity index (χ2v) is 3.48. The van der Waals surface area contributed by atoms with Gasteiger partial charge in [-0.3, -0.25) is 0 Å². The fraction of sp³-hybridized carbons (Fsp3) is 0.182. The third kappa shape index (κ3) is 1.49. The molecule has 4 heteroatoms. The van der Waals surface area contributed by atoms with E-state index in [2.05, 4.69) is 4.98 Å². The molecule has 0 aliphatic heterocycles. The Morgan fingerprint density at radius 3 is 2.87 bits per heavy atom. The fourth-order valence-electron chi connectivity index (χ4n) is 1.69. The van der Waals surface area contributed by atoms with Crippen LogP contribution >= 0.6 is 0 Å². The summed E-state index contributed by atoms with van der Waals surface area (Å²) in [6.07, 6.45) is 0.0664. The van der Waals surface area contributed by atoms with Crippen LogP contribution in [0.3, 0.4) is 0 Å². The van der Waals surface area contributed by atoms with Gasteiger partial charge in [-0.25, -0.2) is 4.79 Å². The van der Waals surface area contributed by atoms with Crippen LogP contribution in [0.4, 0.5) is 0 Å². The van der Waals surface area contributed by atoms with E-state index < -0.39 is 12.1 Å². The highest BCUT2D eigenvalue weighted by Gasteiger charge is 2.19. The summed E-state index contributed by atoms with van der Waals surface area (Å²) in [5.74, 6) is -1.24. The number of carboxylic acids is 1. The largest absolute Gasteiger partial charge is 0.479 e. The zero-order valence-corrected chi connectivity index (χ0v) is 8.19. The molecule has 0 saturated carbocycles. The van der Waals surface area contributed by atoms with E-state index in [0.717, 1.165) is 16.5 Å². The highest BCUT2D eigenvalue weighted by molar-refractivity contribution is 5.90. The summed E-state index contributed by atoms with van der Waals surface area (Å²) in [6.45, 7) is 1.93. The number of aliphatic hydroxyl groups excluding tert-OH is 1. The molecule has 1 aromatic heterocycles. The molecule has 0 saturated heterocycles. The number of aliphatic hydroxyl groups is 1. The van der Waals surface area contributed by atoms with Crippen LogP contribution in [0, 0.1) is 6.92 Å². The number of aromatic nitrogens is 1. The van der Waals surface area contributed by atoms with E-state index in [0.29, 0.717) is 5.56 Å². The van der Waals surface area contributed by atoms with Crippen molar-refractivity contribution in [3.63, 3.8) is 0 Å². The normalized spacial score (nSPS) is 12.9. The summed E-state index contributed by atoms with van der Waals surface area (Å²) in [6, 6.07) is 5.56. The first-order chi connectivity index (χ1) is 7.11. The van der Waals surface area contributed by atoms with E-state index in [1.165, 1.54) is 6.20 Å². The van der Waals surface area contributed by atoms with Gasteiger partial charge in [0.15, 0.2) is 6.10 Å². The zero-order valence-electron chi connectivity index (χ0n) is 8.19. The van der Waals surface area contributed by atoms with Crippen molar-refractivity contribution in [1.29, 1.82) is 0 Å². The number of aliphatic carboxylic acids is 1. The average Bonchev–Trinajstić information content (AvgIpc) is 2.61. The Hall–Kier alpha value is -1.81. The molecule has 0 bridgehead atoms. The molecule has 15 heavy (non-hydrogen) atoms. The Kier molecular flexibility index (Phi) is 2.21. The molecule has 1 heterocycles. The number of benzene rings is 1. The molecule has 0 fully saturated rings. The summed E-state index contributed by atoms with van der Waals surface area (Å²) in [5, 5.41) is 18.9. The first-order valence-corrected chi connectivity index (χ1v) is 4.58. The van der Waals surface area contributed by atoms with Crippen LogP contribution in [-0.2, 0) is 4.79 Å². The van der Waals surface area contributed by atoms with Crippen molar-refractivity contribution < 1.29 is 15.0 Å². The van der Waals surface area contributed by atoms with E-state index in [9.17, 15) is 9.90 Å². The molecule has 0 amide bonds. The summed E-state index contributed by atoms with van der Waals surface area (Å²) in [4.78, 5) is 13.6. The molecule has 0 radical (unpaired) electrons. The maximum absolute atomic E-state index is 10.7. The lowest BCUT2D eigenvalue weighted by atomic mass is 10.1.